The number of para-hydroxylation sites is 1. The summed E-state index contributed by atoms with van der Waals surface area (Å²) in [7, 11) is 0. The maximum atomic E-state index is 5.20. The van der Waals surface area contributed by atoms with Gasteiger partial charge in [-0.25, -0.2) is 15.0 Å². The number of fused-ring (bicyclic) bond motifs is 6. The smallest absolute Gasteiger partial charge is 0.0972 e. The van der Waals surface area contributed by atoms with Gasteiger partial charge in [0.15, 0.2) is 0 Å². The Labute approximate surface area is 266 Å². The Kier molecular flexibility index (Phi) is 6.14. The summed E-state index contributed by atoms with van der Waals surface area (Å²) in [6.45, 7) is 0. The number of aromatic nitrogens is 3. The molecular weight excluding hydrogens is 558 g/mol. The molecule has 3 heteroatoms. The van der Waals surface area contributed by atoms with Crippen LogP contribution in [0.3, 0.4) is 0 Å². The van der Waals surface area contributed by atoms with Gasteiger partial charge in [0.1, 0.15) is 0 Å². The second kappa shape index (κ2) is 10.8. The lowest BCUT2D eigenvalue weighted by atomic mass is 9.93. The van der Waals surface area contributed by atoms with E-state index in [0.717, 1.165) is 71.9 Å². The highest BCUT2D eigenvalue weighted by Gasteiger charge is 2.15. The molecule has 0 aliphatic carbocycles. The van der Waals surface area contributed by atoms with E-state index in [4.69, 9.17) is 15.0 Å². The van der Waals surface area contributed by atoms with Gasteiger partial charge in [-0.3, -0.25) is 0 Å². The van der Waals surface area contributed by atoms with E-state index < -0.39 is 0 Å². The fourth-order valence-corrected chi connectivity index (χ4v) is 6.58. The average Bonchev–Trinajstić information content (AvgIpc) is 3.14. The predicted molar refractivity (Wildman–Crippen MR) is 192 cm³/mol. The Hall–Kier alpha value is -6.19. The van der Waals surface area contributed by atoms with Crippen LogP contribution in [0.1, 0.15) is 0 Å². The molecular formula is C43H27N3. The fraction of sp³-hybridized carbons (Fsp3) is 0. The second-order valence-corrected chi connectivity index (χ2v) is 11.6. The molecule has 0 saturated carbocycles. The summed E-state index contributed by atoms with van der Waals surface area (Å²) in [6, 6.07) is 57.2. The minimum Gasteiger partial charge on any atom is -0.247 e. The third-order valence-corrected chi connectivity index (χ3v) is 8.85. The van der Waals surface area contributed by atoms with Gasteiger partial charge in [-0.15, -0.1) is 0 Å². The summed E-state index contributed by atoms with van der Waals surface area (Å²) in [4.78, 5) is 15.4. The quantitative estimate of drug-likeness (QED) is 0.193. The van der Waals surface area contributed by atoms with Gasteiger partial charge in [-0.2, -0.15) is 0 Å². The van der Waals surface area contributed by atoms with Gasteiger partial charge in [0.25, 0.3) is 0 Å². The zero-order valence-electron chi connectivity index (χ0n) is 24.9. The molecule has 6 aromatic carbocycles. The van der Waals surface area contributed by atoms with Crippen LogP contribution in [-0.2, 0) is 0 Å². The van der Waals surface area contributed by atoms with Crippen LogP contribution in [-0.4, -0.2) is 15.0 Å². The number of hydrogen-bond acceptors (Lipinski definition) is 3. The van der Waals surface area contributed by atoms with Crippen molar-refractivity contribution in [3.05, 3.63) is 164 Å². The highest BCUT2D eigenvalue weighted by molar-refractivity contribution is 6.17. The van der Waals surface area contributed by atoms with Gasteiger partial charge in [-0.1, -0.05) is 146 Å². The van der Waals surface area contributed by atoms with E-state index in [2.05, 4.69) is 146 Å². The molecule has 3 aromatic heterocycles. The molecule has 0 aliphatic heterocycles. The highest BCUT2D eigenvalue weighted by atomic mass is 14.8. The summed E-state index contributed by atoms with van der Waals surface area (Å²) >= 11 is 0. The molecule has 0 aliphatic rings. The van der Waals surface area contributed by atoms with Crippen molar-refractivity contribution >= 4 is 43.5 Å². The fourth-order valence-electron chi connectivity index (χ4n) is 6.58. The molecule has 0 saturated heterocycles. The normalized spacial score (nSPS) is 11.5. The van der Waals surface area contributed by atoms with Crippen molar-refractivity contribution in [2.75, 3.05) is 0 Å². The van der Waals surface area contributed by atoms with Crippen LogP contribution in [0.2, 0.25) is 0 Å². The molecule has 9 aromatic rings. The molecule has 0 fully saturated rings. The number of nitrogens with zero attached hydrogens (tertiary/aromatic N) is 3. The van der Waals surface area contributed by atoms with E-state index in [1.54, 1.807) is 0 Å². The topological polar surface area (TPSA) is 38.7 Å². The highest BCUT2D eigenvalue weighted by Crippen LogP contribution is 2.39. The lowest BCUT2D eigenvalue weighted by Gasteiger charge is -2.14. The van der Waals surface area contributed by atoms with Crippen LogP contribution in [0.5, 0.6) is 0 Å². The van der Waals surface area contributed by atoms with E-state index in [1.165, 1.54) is 16.5 Å². The minimum atomic E-state index is 0.910. The van der Waals surface area contributed by atoms with Crippen molar-refractivity contribution in [3.8, 4) is 44.9 Å². The SMILES string of the molecule is c1ccc(-c2ccc3ccc4ccc(-c5ccc(-c6nc7ccccc7c7c(-c8ccccc8)cccc67)cc5)nc4c3n2)cc1. The van der Waals surface area contributed by atoms with Gasteiger partial charge < -0.3 is 0 Å². The van der Waals surface area contributed by atoms with Crippen molar-refractivity contribution < 1.29 is 0 Å². The van der Waals surface area contributed by atoms with Crippen LogP contribution < -0.4 is 0 Å². The summed E-state index contributed by atoms with van der Waals surface area (Å²) < 4.78 is 0. The summed E-state index contributed by atoms with van der Waals surface area (Å²) in [5.74, 6) is 0. The summed E-state index contributed by atoms with van der Waals surface area (Å²) in [5.41, 5.74) is 11.3. The first-order valence-electron chi connectivity index (χ1n) is 15.5. The number of rotatable bonds is 4. The molecule has 214 valence electrons. The van der Waals surface area contributed by atoms with Crippen LogP contribution >= 0.6 is 0 Å². The first-order chi connectivity index (χ1) is 22.8. The van der Waals surface area contributed by atoms with E-state index >= 15 is 0 Å². The largest absolute Gasteiger partial charge is 0.247 e. The lowest BCUT2D eigenvalue weighted by Crippen LogP contribution is -1.93. The Morgan fingerprint density at radius 1 is 0.326 bits per heavy atom. The van der Waals surface area contributed by atoms with Crippen molar-refractivity contribution in [1.82, 2.24) is 15.0 Å². The Morgan fingerprint density at radius 2 is 0.848 bits per heavy atom. The standard InChI is InChI=1S/C43H27N3/c1-3-10-28(11-4-1)34-15-9-16-36-40(34)35-14-7-8-17-39(35)46-41(36)31-20-18-30(19-21-31)38-27-25-33-23-22-32-24-26-37(29-12-5-2-6-13-29)44-42(32)43(33)45-38/h1-27H. The second-order valence-electron chi connectivity index (χ2n) is 11.6. The molecule has 0 N–H and O–H groups in total. The van der Waals surface area contributed by atoms with Crippen LogP contribution in [0, 0.1) is 0 Å². The molecule has 0 atom stereocenters. The molecule has 0 unspecified atom stereocenters. The Morgan fingerprint density at radius 3 is 1.52 bits per heavy atom. The van der Waals surface area contributed by atoms with Gasteiger partial charge in [0.05, 0.1) is 33.6 Å². The molecule has 9 rings (SSSR count). The van der Waals surface area contributed by atoms with Gasteiger partial charge >= 0.3 is 0 Å². The van der Waals surface area contributed by atoms with Crippen molar-refractivity contribution in [1.29, 1.82) is 0 Å². The van der Waals surface area contributed by atoms with Crippen LogP contribution in [0.25, 0.3) is 88.4 Å². The summed E-state index contributed by atoms with van der Waals surface area (Å²) in [5, 5.41) is 5.68. The first kappa shape index (κ1) is 26.2. The molecule has 3 heterocycles. The van der Waals surface area contributed by atoms with Crippen molar-refractivity contribution in [2.24, 2.45) is 0 Å². The summed E-state index contributed by atoms with van der Waals surface area (Å²) in [6.07, 6.45) is 0. The van der Waals surface area contributed by atoms with Gasteiger partial charge in [0, 0.05) is 43.6 Å². The van der Waals surface area contributed by atoms with Gasteiger partial charge in [0.2, 0.25) is 0 Å². The number of hydrogen-bond donors (Lipinski definition) is 0. The van der Waals surface area contributed by atoms with Crippen molar-refractivity contribution in [3.63, 3.8) is 0 Å². The number of pyridine rings is 3. The van der Waals surface area contributed by atoms with E-state index in [9.17, 15) is 0 Å². The first-order valence-corrected chi connectivity index (χ1v) is 15.5. The third-order valence-electron chi connectivity index (χ3n) is 8.85. The average molecular weight is 586 g/mol. The Balaban J connectivity index is 1.17. The zero-order chi connectivity index (χ0) is 30.5. The lowest BCUT2D eigenvalue weighted by molar-refractivity contribution is 1.36. The maximum Gasteiger partial charge on any atom is 0.0972 e. The monoisotopic (exact) mass is 585 g/mol. The minimum absolute atomic E-state index is 0.910. The Bertz CT molecular complexity index is 2560. The molecule has 46 heavy (non-hydrogen) atoms. The maximum absolute atomic E-state index is 5.20. The number of benzene rings is 6. The van der Waals surface area contributed by atoms with Crippen LogP contribution in [0.15, 0.2) is 164 Å². The van der Waals surface area contributed by atoms with Crippen molar-refractivity contribution in [2.45, 2.75) is 0 Å². The third kappa shape index (κ3) is 4.41. The van der Waals surface area contributed by atoms with Crippen LogP contribution in [0.4, 0.5) is 0 Å². The van der Waals surface area contributed by atoms with E-state index in [1.807, 2.05) is 18.2 Å². The molecule has 0 radical (unpaired) electrons. The van der Waals surface area contributed by atoms with E-state index in [-0.39, 0.29) is 0 Å². The predicted octanol–water partition coefficient (Wildman–Crippen LogP) is 11.2. The molecule has 0 bridgehead atoms. The van der Waals surface area contributed by atoms with E-state index in [0.29, 0.717) is 0 Å². The molecule has 0 amide bonds. The van der Waals surface area contributed by atoms with Gasteiger partial charge in [-0.05, 0) is 29.3 Å². The molecule has 0 spiro atoms. The molecule has 3 nitrogen and oxygen atoms in total. The zero-order valence-corrected chi connectivity index (χ0v) is 24.9.